The van der Waals surface area contributed by atoms with Crippen LogP contribution in [-0.2, 0) is 16.1 Å². The van der Waals surface area contributed by atoms with E-state index in [1.807, 2.05) is 36.4 Å². The molecule has 1 aromatic carbocycles. The number of anilines is 1. The van der Waals surface area contributed by atoms with Crippen LogP contribution in [0.4, 0.5) is 5.82 Å². The number of nitrogens with zero attached hydrogens (tertiary/aromatic N) is 7. The molecule has 3 aromatic heterocycles. The molecular weight excluding hydrogens is 696 g/mol. The number of hydrogen-bond acceptors (Lipinski definition) is 8. The number of amides is 2. The number of benzene rings is 1. The lowest BCUT2D eigenvalue weighted by Gasteiger charge is -2.27. The Morgan fingerprint density at radius 1 is 1.04 bits per heavy atom. The van der Waals surface area contributed by atoms with Crippen LogP contribution in [0, 0.1) is 18.3 Å². The minimum Gasteiger partial charge on any atom is -0.325 e. The Hall–Kier alpha value is -4.03. The average molecular weight is 742 g/mol. The normalized spacial score (nSPS) is 26.0. The monoisotopic (exact) mass is 740 g/mol. The van der Waals surface area contributed by atoms with E-state index in [0.29, 0.717) is 39.7 Å². The first-order chi connectivity index (χ1) is 23.9. The van der Waals surface area contributed by atoms with Gasteiger partial charge < -0.3 is 15.1 Å². The second kappa shape index (κ2) is 13.6. The van der Waals surface area contributed by atoms with Gasteiger partial charge in [-0.15, -0.1) is 0 Å². The van der Waals surface area contributed by atoms with E-state index in [2.05, 4.69) is 68.1 Å². The van der Waals surface area contributed by atoms with Crippen LogP contribution < -0.4 is 5.32 Å². The van der Waals surface area contributed by atoms with Gasteiger partial charge in [0, 0.05) is 48.3 Å². The Labute approximate surface area is 301 Å². The number of aryl methyl sites for hydroxylation is 1. The standard InChI is InChI=1S/C38H45BrN8O3/c1-22-10-7-6-8-13-45(5)21-38-16-30(37(50)43-33-12-9-11-32(39)42-33)47(31(38)17-38)34(49)20-46-36-28(23(22)2)14-26(27-18-40-25(4)41-19-27)15-29(36)35(44-46)24(3)48/h9,11-12,14-15,18-19,22-23,30-31H,6-8,10,13,16-17,20-21H2,1-5H3,(H,42,43,50)/t22?,23?,30-,31+,38-/m0/s1. The van der Waals surface area contributed by atoms with Gasteiger partial charge in [0.1, 0.15) is 34.5 Å². The van der Waals surface area contributed by atoms with Crippen LogP contribution in [0.25, 0.3) is 22.0 Å². The first kappa shape index (κ1) is 34.4. The van der Waals surface area contributed by atoms with E-state index in [-0.39, 0.29) is 41.5 Å². The highest BCUT2D eigenvalue weighted by molar-refractivity contribution is 9.10. The molecule has 2 unspecified atom stereocenters. The molecule has 2 fully saturated rings. The van der Waals surface area contributed by atoms with E-state index in [0.717, 1.165) is 67.4 Å². The molecule has 3 aliphatic rings. The molecule has 1 saturated heterocycles. The molecule has 50 heavy (non-hydrogen) atoms. The lowest BCUT2D eigenvalue weighted by Crippen LogP contribution is -2.46. The van der Waals surface area contributed by atoms with Gasteiger partial charge in [-0.2, -0.15) is 5.10 Å². The van der Waals surface area contributed by atoms with Gasteiger partial charge in [-0.05, 0) is 103 Å². The molecule has 0 radical (unpaired) electrons. The zero-order valence-corrected chi connectivity index (χ0v) is 31.0. The van der Waals surface area contributed by atoms with Crippen molar-refractivity contribution in [2.75, 3.05) is 25.5 Å². The number of carbonyl (C=O) groups excluding carboxylic acids is 3. The van der Waals surface area contributed by atoms with Crippen molar-refractivity contribution in [3.8, 4) is 11.1 Å². The molecule has 1 saturated carbocycles. The van der Waals surface area contributed by atoms with Gasteiger partial charge in [0.2, 0.25) is 11.8 Å². The topological polar surface area (TPSA) is 126 Å². The quantitative estimate of drug-likeness (QED) is 0.188. The zero-order valence-electron chi connectivity index (χ0n) is 29.4. The zero-order chi connectivity index (χ0) is 35.3. The molecule has 7 rings (SSSR count). The highest BCUT2D eigenvalue weighted by Crippen LogP contribution is 2.60. The fraction of sp³-hybridized carbons (Fsp3) is 0.500. The molecular formula is C38H45BrN8O3. The third kappa shape index (κ3) is 6.59. The first-order valence-corrected chi connectivity index (χ1v) is 18.5. The van der Waals surface area contributed by atoms with Gasteiger partial charge in [-0.25, -0.2) is 15.0 Å². The average Bonchev–Trinajstić information content (AvgIpc) is 3.47. The summed E-state index contributed by atoms with van der Waals surface area (Å²) in [7, 11) is 2.16. The van der Waals surface area contributed by atoms with Crippen LogP contribution in [0.5, 0.6) is 0 Å². The predicted molar refractivity (Wildman–Crippen MR) is 196 cm³/mol. The van der Waals surface area contributed by atoms with Gasteiger partial charge >= 0.3 is 0 Å². The lowest BCUT2D eigenvalue weighted by molar-refractivity contribution is -0.138. The van der Waals surface area contributed by atoms with Crippen molar-refractivity contribution >= 4 is 50.2 Å². The van der Waals surface area contributed by atoms with Crippen LogP contribution in [0.1, 0.15) is 87.1 Å². The van der Waals surface area contributed by atoms with E-state index in [1.165, 1.54) is 6.92 Å². The number of hydrogen-bond donors (Lipinski definition) is 1. The fourth-order valence-electron chi connectivity index (χ4n) is 8.32. The first-order valence-electron chi connectivity index (χ1n) is 17.7. The summed E-state index contributed by atoms with van der Waals surface area (Å²) in [5.74, 6) is 1.00. The van der Waals surface area contributed by atoms with Crippen molar-refractivity contribution in [2.45, 2.75) is 90.8 Å². The number of aromatic nitrogens is 5. The Bertz CT molecular complexity index is 1960. The number of pyridine rings is 1. The third-order valence-corrected chi connectivity index (χ3v) is 11.7. The summed E-state index contributed by atoms with van der Waals surface area (Å²) in [6, 6.07) is 8.83. The molecule has 1 aliphatic carbocycles. The maximum atomic E-state index is 14.6. The Kier molecular flexibility index (Phi) is 9.36. The van der Waals surface area contributed by atoms with Gasteiger partial charge in [0.15, 0.2) is 5.78 Å². The number of rotatable bonds is 4. The molecule has 2 bridgehead atoms. The lowest BCUT2D eigenvalue weighted by atomic mass is 9.83. The van der Waals surface area contributed by atoms with Crippen molar-refractivity contribution in [3.63, 3.8) is 0 Å². The molecule has 5 atom stereocenters. The summed E-state index contributed by atoms with van der Waals surface area (Å²) in [6.45, 7) is 9.64. The van der Waals surface area contributed by atoms with Gasteiger partial charge in [-0.1, -0.05) is 39.2 Å². The van der Waals surface area contributed by atoms with Crippen LogP contribution >= 0.6 is 15.9 Å². The van der Waals surface area contributed by atoms with E-state index < -0.39 is 6.04 Å². The Morgan fingerprint density at radius 2 is 1.82 bits per heavy atom. The second-order valence-corrected chi connectivity index (χ2v) is 15.6. The molecule has 2 aliphatic heterocycles. The van der Waals surface area contributed by atoms with Crippen molar-refractivity contribution in [2.24, 2.45) is 11.3 Å². The van der Waals surface area contributed by atoms with E-state index in [1.54, 1.807) is 16.8 Å². The summed E-state index contributed by atoms with van der Waals surface area (Å²) in [5.41, 5.74) is 3.80. The maximum Gasteiger partial charge on any atom is 0.248 e. The summed E-state index contributed by atoms with van der Waals surface area (Å²) < 4.78 is 2.34. The van der Waals surface area contributed by atoms with E-state index >= 15 is 0 Å². The fourth-order valence-corrected chi connectivity index (χ4v) is 8.66. The smallest absolute Gasteiger partial charge is 0.248 e. The van der Waals surface area contributed by atoms with Crippen LogP contribution in [-0.4, -0.2) is 84.4 Å². The third-order valence-electron chi connectivity index (χ3n) is 11.2. The van der Waals surface area contributed by atoms with Crippen LogP contribution in [0.2, 0.25) is 0 Å². The Balaban J connectivity index is 1.32. The van der Waals surface area contributed by atoms with Gasteiger partial charge in [0.05, 0.1) is 5.52 Å². The summed E-state index contributed by atoms with van der Waals surface area (Å²) >= 11 is 3.39. The van der Waals surface area contributed by atoms with Gasteiger partial charge in [0.25, 0.3) is 0 Å². The summed E-state index contributed by atoms with van der Waals surface area (Å²) in [6.07, 6.45) is 9.50. The van der Waals surface area contributed by atoms with Crippen LogP contribution in [0.3, 0.4) is 0 Å². The largest absolute Gasteiger partial charge is 0.325 e. The summed E-state index contributed by atoms with van der Waals surface area (Å²) in [4.78, 5) is 59.1. The number of halogens is 1. The molecule has 262 valence electrons. The summed E-state index contributed by atoms with van der Waals surface area (Å²) in [5, 5.41) is 8.53. The number of piperidine rings is 1. The minimum absolute atomic E-state index is 0.0417. The van der Waals surface area contributed by atoms with Crippen LogP contribution in [0.15, 0.2) is 47.3 Å². The predicted octanol–water partition coefficient (Wildman–Crippen LogP) is 6.41. The molecule has 0 spiro atoms. The number of Topliss-reactive ketones (excluding diaryl/α,β-unsaturated/α-hetero) is 1. The molecule has 4 aromatic rings. The highest BCUT2D eigenvalue weighted by Gasteiger charge is 2.67. The van der Waals surface area contributed by atoms with Crippen molar-refractivity contribution < 1.29 is 14.4 Å². The second-order valence-electron chi connectivity index (χ2n) is 14.8. The van der Waals surface area contributed by atoms with Gasteiger partial charge in [-0.3, -0.25) is 19.1 Å². The number of carbonyl (C=O) groups is 3. The Morgan fingerprint density at radius 3 is 2.56 bits per heavy atom. The van der Waals surface area contributed by atoms with E-state index in [9.17, 15) is 14.4 Å². The highest BCUT2D eigenvalue weighted by atomic mass is 79.9. The molecule has 11 nitrogen and oxygen atoms in total. The van der Waals surface area contributed by atoms with Crippen molar-refractivity contribution in [3.05, 3.63) is 64.4 Å². The number of ketones is 1. The minimum atomic E-state index is -0.644. The van der Waals surface area contributed by atoms with Crippen molar-refractivity contribution in [1.29, 1.82) is 0 Å². The van der Waals surface area contributed by atoms with Crippen molar-refractivity contribution in [1.82, 2.24) is 34.5 Å². The molecule has 1 N–H and O–H groups in total. The van der Waals surface area contributed by atoms with E-state index in [4.69, 9.17) is 5.10 Å². The SMILES string of the molecule is CC(=O)c1nn2c3c(cc(-c4cnc(C)nc4)cc13)C(C)C(C)CCCCCN(C)C[C@@]13C[C@@H](C(=O)Nc4cccc(Br)n4)N(C(=O)C2)[C@@H]1C3. The molecule has 12 heteroatoms. The molecule has 2 amide bonds. The molecule has 5 heterocycles. The maximum absolute atomic E-state index is 14.6. The number of nitrogens with one attached hydrogen (secondary N) is 1.